The van der Waals surface area contributed by atoms with Crippen LogP contribution in [0.4, 0.5) is 0 Å². The number of carbonyl (C=O) groups excluding carboxylic acids is 2. The Morgan fingerprint density at radius 1 is 0.971 bits per heavy atom. The van der Waals surface area contributed by atoms with Gasteiger partial charge < -0.3 is 24.1 Å². The Morgan fingerprint density at radius 3 is 2.21 bits per heavy atom. The lowest BCUT2D eigenvalue weighted by molar-refractivity contribution is 0.0600. The quantitative estimate of drug-likeness (QED) is 0.259. The molecule has 34 heavy (non-hydrogen) atoms. The summed E-state index contributed by atoms with van der Waals surface area (Å²) in [6.45, 7) is 9.62. The minimum Gasteiger partial charge on any atom is -0.486 e. The third-order valence-corrected chi connectivity index (χ3v) is 5.61. The number of ether oxygens (including phenoxy) is 2. The summed E-state index contributed by atoms with van der Waals surface area (Å²) in [4.78, 5) is 26.6. The molecule has 1 N–H and O–H groups in total. The zero-order valence-electron chi connectivity index (χ0n) is 21.1. The molecule has 0 bridgehead atoms. The van der Waals surface area contributed by atoms with Gasteiger partial charge in [0.15, 0.2) is 5.76 Å². The van der Waals surface area contributed by atoms with Crippen LogP contribution < -0.4 is 10.1 Å². The molecule has 0 radical (unpaired) electrons. The highest BCUT2D eigenvalue weighted by molar-refractivity contribution is 5.91. The van der Waals surface area contributed by atoms with E-state index in [1.807, 2.05) is 6.92 Å². The van der Waals surface area contributed by atoms with Gasteiger partial charge in [-0.15, -0.1) is 0 Å². The van der Waals surface area contributed by atoms with Crippen LogP contribution in [0, 0.1) is 0 Å². The lowest BCUT2D eigenvalue weighted by atomic mass is 10.2. The predicted molar refractivity (Wildman–Crippen MR) is 133 cm³/mol. The fourth-order valence-electron chi connectivity index (χ4n) is 3.73. The minimum absolute atomic E-state index is 0.0221. The minimum atomic E-state index is -0.396. The molecule has 7 nitrogen and oxygen atoms in total. The Balaban J connectivity index is 1.83. The number of nitrogens with zero attached hydrogens (tertiary/aromatic N) is 1. The average molecular weight is 473 g/mol. The van der Waals surface area contributed by atoms with Gasteiger partial charge in [0.1, 0.15) is 18.1 Å². The van der Waals surface area contributed by atoms with Gasteiger partial charge in [0, 0.05) is 12.6 Å². The first-order valence-electron chi connectivity index (χ1n) is 12.4. The Hall–Kier alpha value is -2.80. The number of carbonyl (C=O) groups is 2. The van der Waals surface area contributed by atoms with E-state index in [0.29, 0.717) is 17.1 Å². The molecule has 1 heterocycles. The van der Waals surface area contributed by atoms with Crippen molar-refractivity contribution in [1.29, 1.82) is 0 Å². The van der Waals surface area contributed by atoms with Crippen molar-refractivity contribution >= 4 is 11.9 Å². The molecule has 1 aromatic carbocycles. The van der Waals surface area contributed by atoms with Crippen molar-refractivity contribution in [2.45, 2.75) is 71.9 Å². The van der Waals surface area contributed by atoms with Crippen LogP contribution >= 0.6 is 0 Å². The van der Waals surface area contributed by atoms with Crippen molar-refractivity contribution in [3.05, 3.63) is 53.5 Å². The van der Waals surface area contributed by atoms with Crippen molar-refractivity contribution in [3.8, 4) is 5.75 Å². The monoisotopic (exact) mass is 472 g/mol. The van der Waals surface area contributed by atoms with Crippen LogP contribution in [-0.4, -0.2) is 49.6 Å². The van der Waals surface area contributed by atoms with Gasteiger partial charge in [-0.05, 0) is 69.3 Å². The van der Waals surface area contributed by atoms with Crippen LogP contribution in [0.5, 0.6) is 5.75 Å². The van der Waals surface area contributed by atoms with Crippen molar-refractivity contribution in [1.82, 2.24) is 10.2 Å². The highest BCUT2D eigenvalue weighted by Crippen LogP contribution is 2.16. The van der Waals surface area contributed by atoms with Crippen LogP contribution in [0.25, 0.3) is 0 Å². The first-order valence-corrected chi connectivity index (χ1v) is 12.4. The van der Waals surface area contributed by atoms with Crippen LogP contribution in [0.1, 0.15) is 86.0 Å². The third-order valence-electron chi connectivity index (χ3n) is 5.61. The van der Waals surface area contributed by atoms with E-state index in [0.717, 1.165) is 19.6 Å². The number of benzene rings is 1. The number of methoxy groups -OCH3 is 1. The molecule has 0 saturated carbocycles. The standard InChI is InChI=1S/C27H40N2O5/c1-5-7-9-17-29(18-10-8-6-2)19-21(3)28-26(30)25-16-15-24(34-25)20-33-23-13-11-22(12-14-23)27(31)32-4/h11-16,21H,5-10,17-20H2,1-4H3,(H,28,30). The van der Waals surface area contributed by atoms with E-state index < -0.39 is 5.97 Å². The summed E-state index contributed by atoms with van der Waals surface area (Å²) in [5.74, 6) is 0.802. The van der Waals surface area contributed by atoms with Gasteiger partial charge in [0.25, 0.3) is 5.91 Å². The van der Waals surface area contributed by atoms with Crippen molar-refractivity contribution in [2.75, 3.05) is 26.7 Å². The van der Waals surface area contributed by atoms with Gasteiger partial charge in [0.2, 0.25) is 0 Å². The molecule has 2 aromatic rings. The summed E-state index contributed by atoms with van der Waals surface area (Å²) in [6.07, 6.45) is 7.26. The molecule has 188 valence electrons. The first kappa shape index (κ1) is 27.4. The maximum absolute atomic E-state index is 12.7. The summed E-state index contributed by atoms with van der Waals surface area (Å²) in [7, 11) is 1.34. The van der Waals surface area contributed by atoms with Gasteiger partial charge in [-0.25, -0.2) is 4.79 Å². The van der Waals surface area contributed by atoms with Crippen LogP contribution in [-0.2, 0) is 11.3 Å². The molecular weight excluding hydrogens is 432 g/mol. The van der Waals surface area contributed by atoms with Gasteiger partial charge in [-0.1, -0.05) is 39.5 Å². The smallest absolute Gasteiger partial charge is 0.337 e. The molecule has 1 aromatic heterocycles. The Bertz CT molecular complexity index is 852. The second kappa shape index (κ2) is 15.2. The molecule has 0 saturated heterocycles. The van der Waals surface area contributed by atoms with Crippen LogP contribution in [0.2, 0.25) is 0 Å². The molecule has 2 rings (SSSR count). The molecule has 0 spiro atoms. The van der Waals surface area contributed by atoms with Crippen LogP contribution in [0.3, 0.4) is 0 Å². The van der Waals surface area contributed by atoms with E-state index in [2.05, 4.69) is 28.8 Å². The Morgan fingerprint density at radius 2 is 1.62 bits per heavy atom. The van der Waals surface area contributed by atoms with E-state index in [1.54, 1.807) is 36.4 Å². The van der Waals surface area contributed by atoms with Crippen LogP contribution in [0.15, 0.2) is 40.8 Å². The number of rotatable bonds is 16. The van der Waals surface area contributed by atoms with Crippen molar-refractivity contribution < 1.29 is 23.5 Å². The Kier molecular flexibility index (Phi) is 12.2. The summed E-state index contributed by atoms with van der Waals surface area (Å²) < 4.78 is 16.1. The molecular formula is C27H40N2O5. The lowest BCUT2D eigenvalue weighted by Gasteiger charge is -2.26. The lowest BCUT2D eigenvalue weighted by Crippen LogP contribution is -2.42. The van der Waals surface area contributed by atoms with Gasteiger partial charge >= 0.3 is 5.97 Å². The zero-order chi connectivity index (χ0) is 24.8. The maximum atomic E-state index is 12.7. The predicted octanol–water partition coefficient (Wildman–Crippen LogP) is 5.45. The topological polar surface area (TPSA) is 81.0 Å². The number of hydrogen-bond donors (Lipinski definition) is 1. The number of nitrogens with one attached hydrogen (secondary N) is 1. The maximum Gasteiger partial charge on any atom is 0.337 e. The number of hydrogen-bond acceptors (Lipinski definition) is 6. The molecule has 1 unspecified atom stereocenters. The first-order chi connectivity index (χ1) is 16.5. The molecule has 1 amide bonds. The van der Waals surface area contributed by atoms with E-state index in [-0.39, 0.29) is 24.3 Å². The summed E-state index contributed by atoms with van der Waals surface area (Å²) >= 11 is 0. The van der Waals surface area contributed by atoms with E-state index >= 15 is 0 Å². The van der Waals surface area contributed by atoms with E-state index in [4.69, 9.17) is 9.15 Å². The molecule has 1 atom stereocenters. The van der Waals surface area contributed by atoms with E-state index in [9.17, 15) is 9.59 Å². The molecule has 0 aliphatic rings. The molecule has 0 aliphatic carbocycles. The summed E-state index contributed by atoms with van der Waals surface area (Å²) in [6, 6.07) is 10.1. The third kappa shape index (κ3) is 9.59. The highest BCUT2D eigenvalue weighted by atomic mass is 16.5. The second-order valence-corrected chi connectivity index (χ2v) is 8.66. The largest absolute Gasteiger partial charge is 0.486 e. The Labute approximate surface area is 203 Å². The number of esters is 1. The SMILES string of the molecule is CCCCCN(CCCCC)CC(C)NC(=O)c1ccc(COc2ccc(C(=O)OC)cc2)o1. The normalized spacial score (nSPS) is 11.9. The molecule has 7 heteroatoms. The van der Waals surface area contributed by atoms with Gasteiger partial charge in [-0.2, -0.15) is 0 Å². The van der Waals surface area contributed by atoms with E-state index in [1.165, 1.54) is 45.6 Å². The molecule has 0 aliphatic heterocycles. The van der Waals surface area contributed by atoms with Crippen molar-refractivity contribution in [3.63, 3.8) is 0 Å². The molecule has 0 fully saturated rings. The summed E-state index contributed by atoms with van der Waals surface area (Å²) in [5.41, 5.74) is 0.454. The fraction of sp³-hybridized carbons (Fsp3) is 0.556. The number of amides is 1. The zero-order valence-corrected chi connectivity index (χ0v) is 21.1. The van der Waals surface area contributed by atoms with Crippen molar-refractivity contribution in [2.24, 2.45) is 0 Å². The van der Waals surface area contributed by atoms with Gasteiger partial charge in [-0.3, -0.25) is 4.79 Å². The number of unbranched alkanes of at least 4 members (excludes halogenated alkanes) is 4. The average Bonchev–Trinajstić information content (AvgIpc) is 3.32. The fourth-order valence-corrected chi connectivity index (χ4v) is 3.73. The number of furan rings is 1. The summed E-state index contributed by atoms with van der Waals surface area (Å²) in [5, 5.41) is 3.06. The highest BCUT2D eigenvalue weighted by Gasteiger charge is 2.17. The second-order valence-electron chi connectivity index (χ2n) is 8.66. The van der Waals surface area contributed by atoms with Gasteiger partial charge in [0.05, 0.1) is 12.7 Å².